The van der Waals surface area contributed by atoms with E-state index in [9.17, 15) is 9.59 Å². The zero-order valence-electron chi connectivity index (χ0n) is 13.0. The van der Waals surface area contributed by atoms with Crippen LogP contribution in [0.2, 0.25) is 0 Å². The molecule has 6 heteroatoms. The van der Waals surface area contributed by atoms with Crippen molar-refractivity contribution in [2.24, 2.45) is 0 Å². The first-order valence-electron chi connectivity index (χ1n) is 6.78. The van der Waals surface area contributed by atoms with Crippen molar-refractivity contribution in [3.8, 4) is 11.4 Å². The van der Waals surface area contributed by atoms with Gasteiger partial charge in [0.15, 0.2) is 0 Å². The van der Waals surface area contributed by atoms with Gasteiger partial charge in [-0.05, 0) is 45.0 Å². The molecule has 0 atom stereocenters. The van der Waals surface area contributed by atoms with Crippen molar-refractivity contribution in [2.75, 3.05) is 7.11 Å². The van der Waals surface area contributed by atoms with Crippen LogP contribution in [0.4, 0.5) is 4.79 Å². The summed E-state index contributed by atoms with van der Waals surface area (Å²) in [6.45, 7) is 5.39. The van der Waals surface area contributed by atoms with Crippen molar-refractivity contribution < 1.29 is 19.1 Å². The molecule has 0 aromatic carbocycles. The Labute approximate surface area is 128 Å². The minimum absolute atomic E-state index is 0.178. The summed E-state index contributed by atoms with van der Waals surface area (Å²) in [6, 6.07) is 8.39. The second-order valence-electron chi connectivity index (χ2n) is 5.64. The third-order valence-corrected chi connectivity index (χ3v) is 2.75. The maximum Gasteiger partial charge on any atom is 0.419 e. The molecule has 0 aliphatic rings. The van der Waals surface area contributed by atoms with E-state index in [-0.39, 0.29) is 5.69 Å². The number of hydrogen-bond donors (Lipinski definition) is 0. The maximum atomic E-state index is 12.2. The molecule has 0 fully saturated rings. The lowest BCUT2D eigenvalue weighted by molar-refractivity contribution is 0.0539. The average Bonchev–Trinajstić information content (AvgIpc) is 2.94. The normalized spacial score (nSPS) is 11.1. The van der Waals surface area contributed by atoms with Crippen LogP contribution in [0.15, 0.2) is 36.5 Å². The number of carbonyl (C=O) groups excluding carboxylic acids is 2. The first-order valence-corrected chi connectivity index (χ1v) is 6.78. The maximum absolute atomic E-state index is 12.2. The molecule has 2 rings (SSSR count). The summed E-state index contributed by atoms with van der Waals surface area (Å²) >= 11 is 0. The highest BCUT2D eigenvalue weighted by Crippen LogP contribution is 2.20. The first kappa shape index (κ1) is 15.8. The number of methoxy groups -OCH3 is 1. The van der Waals surface area contributed by atoms with E-state index in [0.29, 0.717) is 11.4 Å². The Bertz CT molecular complexity index is 698. The average molecular weight is 302 g/mol. The fourth-order valence-electron chi connectivity index (χ4n) is 1.86. The molecule has 0 N–H and O–H groups in total. The Kier molecular flexibility index (Phi) is 4.30. The topological polar surface area (TPSA) is 70.4 Å². The molecular weight excluding hydrogens is 284 g/mol. The molecule has 0 amide bonds. The van der Waals surface area contributed by atoms with Crippen molar-refractivity contribution >= 4 is 12.1 Å². The van der Waals surface area contributed by atoms with Crippen LogP contribution in [0.1, 0.15) is 31.3 Å². The number of esters is 1. The summed E-state index contributed by atoms with van der Waals surface area (Å²) in [7, 11) is 1.29. The Hall–Kier alpha value is -2.63. The van der Waals surface area contributed by atoms with Gasteiger partial charge in [-0.25, -0.2) is 14.6 Å². The molecule has 0 unspecified atom stereocenters. The van der Waals surface area contributed by atoms with Crippen LogP contribution in [0.25, 0.3) is 11.4 Å². The van der Waals surface area contributed by atoms with Crippen LogP contribution in [0.3, 0.4) is 0 Å². The lowest BCUT2D eigenvalue weighted by Gasteiger charge is -2.20. The highest BCUT2D eigenvalue weighted by molar-refractivity contribution is 5.88. The first-order chi connectivity index (χ1) is 10.3. The van der Waals surface area contributed by atoms with Gasteiger partial charge in [0.2, 0.25) is 0 Å². The van der Waals surface area contributed by atoms with E-state index in [2.05, 4.69) is 9.72 Å². The van der Waals surface area contributed by atoms with Gasteiger partial charge in [0.05, 0.1) is 18.5 Å². The van der Waals surface area contributed by atoms with Crippen molar-refractivity contribution in [2.45, 2.75) is 26.4 Å². The largest absolute Gasteiger partial charge is 0.464 e. The molecular formula is C16H18N2O4. The molecule has 2 heterocycles. The molecule has 0 saturated carbocycles. The lowest BCUT2D eigenvalue weighted by Crippen LogP contribution is -2.27. The quantitative estimate of drug-likeness (QED) is 0.797. The molecule has 0 bridgehead atoms. The van der Waals surface area contributed by atoms with Crippen molar-refractivity contribution in [1.82, 2.24) is 9.55 Å². The van der Waals surface area contributed by atoms with E-state index >= 15 is 0 Å². The predicted octanol–water partition coefficient (Wildman–Crippen LogP) is 3.12. The smallest absolute Gasteiger partial charge is 0.419 e. The number of ether oxygens (including phenoxy) is 2. The summed E-state index contributed by atoms with van der Waals surface area (Å²) in [5.41, 5.74) is 0.607. The fourth-order valence-corrected chi connectivity index (χ4v) is 1.86. The van der Waals surface area contributed by atoms with Crippen molar-refractivity contribution in [3.63, 3.8) is 0 Å². The highest BCUT2D eigenvalue weighted by atomic mass is 16.6. The van der Waals surface area contributed by atoms with Crippen molar-refractivity contribution in [1.29, 1.82) is 0 Å². The van der Waals surface area contributed by atoms with E-state index in [1.165, 1.54) is 11.7 Å². The molecule has 2 aromatic rings. The van der Waals surface area contributed by atoms with Gasteiger partial charge in [0, 0.05) is 6.20 Å². The Morgan fingerprint density at radius 3 is 2.50 bits per heavy atom. The van der Waals surface area contributed by atoms with Gasteiger partial charge < -0.3 is 9.47 Å². The molecule has 0 aliphatic heterocycles. The fraction of sp³-hybridized carbons (Fsp3) is 0.312. The second-order valence-corrected chi connectivity index (χ2v) is 5.64. The number of rotatable bonds is 2. The van der Waals surface area contributed by atoms with E-state index in [4.69, 9.17) is 4.74 Å². The number of nitrogens with zero attached hydrogens (tertiary/aromatic N) is 2. The molecule has 0 aliphatic carbocycles. The van der Waals surface area contributed by atoms with Gasteiger partial charge in [-0.1, -0.05) is 6.07 Å². The van der Waals surface area contributed by atoms with Gasteiger partial charge in [-0.15, -0.1) is 0 Å². The van der Waals surface area contributed by atoms with Crippen molar-refractivity contribution in [3.05, 3.63) is 42.2 Å². The van der Waals surface area contributed by atoms with E-state index < -0.39 is 17.7 Å². The van der Waals surface area contributed by atoms with Crippen LogP contribution >= 0.6 is 0 Å². The summed E-state index contributed by atoms with van der Waals surface area (Å²) in [5, 5.41) is 0. The molecule has 2 aromatic heterocycles. The summed E-state index contributed by atoms with van der Waals surface area (Å²) < 4.78 is 11.4. The standard InChI is InChI=1S/C16H18N2O4/c1-16(2,3)22-15(20)18-10-6-9-13(18)11-7-5-8-12(17-11)14(19)21-4/h5-10H,1-4H3. The predicted molar refractivity (Wildman–Crippen MR) is 80.6 cm³/mol. The monoisotopic (exact) mass is 302 g/mol. The van der Waals surface area contributed by atoms with Crippen LogP contribution in [-0.4, -0.2) is 34.3 Å². The number of pyridine rings is 1. The Morgan fingerprint density at radius 2 is 1.86 bits per heavy atom. The van der Waals surface area contributed by atoms with Crippen LogP contribution in [0, 0.1) is 0 Å². The molecule has 6 nitrogen and oxygen atoms in total. The van der Waals surface area contributed by atoms with Gasteiger partial charge in [-0.2, -0.15) is 0 Å². The molecule has 0 spiro atoms. The van der Waals surface area contributed by atoms with Gasteiger partial charge in [-0.3, -0.25) is 4.57 Å². The van der Waals surface area contributed by atoms with Gasteiger partial charge >= 0.3 is 12.1 Å². The summed E-state index contributed by atoms with van der Waals surface area (Å²) in [4.78, 5) is 28.0. The van der Waals surface area contributed by atoms with Crippen LogP contribution < -0.4 is 0 Å². The molecule has 0 radical (unpaired) electrons. The zero-order chi connectivity index (χ0) is 16.3. The third-order valence-electron chi connectivity index (χ3n) is 2.75. The molecule has 116 valence electrons. The minimum atomic E-state index is -0.597. The second kappa shape index (κ2) is 6.01. The summed E-state index contributed by atoms with van der Waals surface area (Å²) in [5.74, 6) is -0.530. The third kappa shape index (κ3) is 3.52. The lowest BCUT2D eigenvalue weighted by atomic mass is 10.2. The molecule has 22 heavy (non-hydrogen) atoms. The van der Waals surface area contributed by atoms with Crippen LogP contribution in [-0.2, 0) is 9.47 Å². The van der Waals surface area contributed by atoms with E-state index in [1.54, 1.807) is 57.3 Å². The van der Waals surface area contributed by atoms with E-state index in [1.807, 2.05) is 0 Å². The Morgan fingerprint density at radius 1 is 1.14 bits per heavy atom. The summed E-state index contributed by atoms with van der Waals surface area (Å²) in [6.07, 6.45) is 1.09. The van der Waals surface area contributed by atoms with Gasteiger partial charge in [0.25, 0.3) is 0 Å². The number of aromatic nitrogens is 2. The SMILES string of the molecule is COC(=O)c1cccc(-c2cccn2C(=O)OC(C)(C)C)n1. The zero-order valence-corrected chi connectivity index (χ0v) is 13.0. The number of carbonyl (C=O) groups is 2. The highest BCUT2D eigenvalue weighted by Gasteiger charge is 2.20. The van der Waals surface area contributed by atoms with Crippen LogP contribution in [0.5, 0.6) is 0 Å². The van der Waals surface area contributed by atoms with Gasteiger partial charge in [0.1, 0.15) is 11.3 Å². The van der Waals surface area contributed by atoms with E-state index in [0.717, 1.165) is 0 Å². The number of hydrogen-bond acceptors (Lipinski definition) is 5. The minimum Gasteiger partial charge on any atom is -0.464 e. The Balaban J connectivity index is 2.37. The molecule has 0 saturated heterocycles.